The number of carbonyl (C=O) groups is 2. The Labute approximate surface area is 149 Å². The van der Waals surface area contributed by atoms with E-state index >= 15 is 0 Å². The minimum absolute atomic E-state index is 0.00358. The average molecular weight is 381 g/mol. The summed E-state index contributed by atoms with van der Waals surface area (Å²) in [6.07, 6.45) is 0.636. The van der Waals surface area contributed by atoms with Crippen molar-refractivity contribution in [2.45, 2.75) is 31.2 Å². The maximum Gasteiger partial charge on any atom is 0.265 e. The van der Waals surface area contributed by atoms with Crippen molar-refractivity contribution in [2.75, 3.05) is 5.32 Å². The first-order valence-corrected chi connectivity index (χ1v) is 9.83. The lowest BCUT2D eigenvalue weighted by Gasteiger charge is -2.11. The first-order valence-electron chi connectivity index (χ1n) is 7.47. The highest BCUT2D eigenvalue weighted by Crippen LogP contribution is 2.22. The van der Waals surface area contributed by atoms with Gasteiger partial charge in [-0.1, -0.05) is 25.1 Å². The molecule has 1 amide bonds. The molecule has 0 bridgehead atoms. The number of carbonyl (C=O) groups excluding carboxylic acids is 2. The fourth-order valence-electron chi connectivity index (χ4n) is 1.95. The molecule has 0 aliphatic carbocycles. The molecule has 0 spiro atoms. The Balaban J connectivity index is 2.20. The molecule has 0 radical (unpaired) electrons. The van der Waals surface area contributed by atoms with Crippen molar-refractivity contribution in [2.24, 2.45) is 0 Å². The van der Waals surface area contributed by atoms with Gasteiger partial charge in [0.05, 0.1) is 21.4 Å². The highest BCUT2D eigenvalue weighted by Gasteiger charge is 2.20. The number of rotatable bonds is 7. The van der Waals surface area contributed by atoms with Crippen LogP contribution in [0.2, 0.25) is 0 Å². The summed E-state index contributed by atoms with van der Waals surface area (Å²) >= 11 is 0.958. The number of sulfonamides is 1. The van der Waals surface area contributed by atoms with Crippen molar-refractivity contribution in [3.05, 3.63) is 46.2 Å². The maximum absolute atomic E-state index is 12.3. The summed E-state index contributed by atoms with van der Waals surface area (Å²) in [4.78, 5) is 23.5. The number of aromatic carboxylic acids is 1. The Bertz CT molecular complexity index is 889. The van der Waals surface area contributed by atoms with Crippen LogP contribution in [0.25, 0.3) is 0 Å². The van der Waals surface area contributed by atoms with E-state index in [9.17, 15) is 23.1 Å². The largest absolute Gasteiger partial charge is 0.545 e. The fraction of sp³-hybridized carbons (Fsp3) is 0.250. The van der Waals surface area contributed by atoms with Crippen LogP contribution in [0.4, 0.5) is 5.69 Å². The minimum atomic E-state index is -3.70. The Morgan fingerprint density at radius 2 is 1.96 bits per heavy atom. The molecule has 2 N–H and O–H groups in total. The molecule has 1 atom stereocenters. The van der Waals surface area contributed by atoms with Gasteiger partial charge >= 0.3 is 0 Å². The molecule has 2 rings (SSSR count). The predicted molar refractivity (Wildman–Crippen MR) is 93.1 cm³/mol. The first kappa shape index (κ1) is 19.1. The summed E-state index contributed by atoms with van der Waals surface area (Å²) in [7, 11) is -3.70. The number of anilines is 1. The molecular weight excluding hydrogens is 364 g/mol. The molecular formula is C16H17N2O5S2-. The number of hydrogen-bond acceptors (Lipinski definition) is 6. The van der Waals surface area contributed by atoms with Gasteiger partial charge in [0.15, 0.2) is 0 Å². The van der Waals surface area contributed by atoms with Crippen LogP contribution in [-0.2, 0) is 10.0 Å². The van der Waals surface area contributed by atoms with Gasteiger partial charge in [-0.3, -0.25) is 4.79 Å². The summed E-state index contributed by atoms with van der Waals surface area (Å²) in [6.45, 7) is 3.60. The predicted octanol–water partition coefficient (Wildman–Crippen LogP) is 1.44. The quantitative estimate of drug-likeness (QED) is 0.753. The van der Waals surface area contributed by atoms with Gasteiger partial charge in [0.2, 0.25) is 10.0 Å². The van der Waals surface area contributed by atoms with Gasteiger partial charge in [0.1, 0.15) is 0 Å². The Kier molecular flexibility index (Phi) is 5.93. The van der Waals surface area contributed by atoms with E-state index in [1.165, 1.54) is 29.6 Å². The van der Waals surface area contributed by atoms with E-state index in [1.807, 2.05) is 6.92 Å². The van der Waals surface area contributed by atoms with Gasteiger partial charge in [0.25, 0.3) is 5.91 Å². The molecule has 2 aromatic rings. The van der Waals surface area contributed by atoms with Crippen LogP contribution in [0.5, 0.6) is 0 Å². The van der Waals surface area contributed by atoms with E-state index < -0.39 is 21.9 Å². The minimum Gasteiger partial charge on any atom is -0.545 e. The van der Waals surface area contributed by atoms with Crippen LogP contribution in [0, 0.1) is 0 Å². The van der Waals surface area contributed by atoms with Gasteiger partial charge in [-0.05, 0) is 25.5 Å². The summed E-state index contributed by atoms with van der Waals surface area (Å²) < 4.78 is 26.9. The van der Waals surface area contributed by atoms with Crippen molar-refractivity contribution in [1.82, 2.24) is 4.72 Å². The van der Waals surface area contributed by atoms with Crippen molar-refractivity contribution in [1.29, 1.82) is 0 Å². The lowest BCUT2D eigenvalue weighted by molar-refractivity contribution is -0.254. The third kappa shape index (κ3) is 4.65. The molecule has 0 aliphatic heterocycles. The van der Waals surface area contributed by atoms with Crippen LogP contribution in [0.15, 0.2) is 40.6 Å². The van der Waals surface area contributed by atoms with Gasteiger partial charge in [-0.25, -0.2) is 13.1 Å². The maximum atomic E-state index is 12.3. The molecule has 9 heteroatoms. The summed E-state index contributed by atoms with van der Waals surface area (Å²) in [5, 5.41) is 14.9. The zero-order valence-electron chi connectivity index (χ0n) is 13.6. The summed E-state index contributed by atoms with van der Waals surface area (Å²) in [5.74, 6) is -2.01. The second-order valence-electron chi connectivity index (χ2n) is 5.36. The molecule has 0 aliphatic rings. The third-order valence-corrected chi connectivity index (χ3v) is 6.12. The Hall–Kier alpha value is -2.23. The van der Waals surface area contributed by atoms with Crippen molar-refractivity contribution in [3.8, 4) is 0 Å². The van der Waals surface area contributed by atoms with Crippen molar-refractivity contribution < 1.29 is 23.1 Å². The molecule has 25 heavy (non-hydrogen) atoms. The molecule has 0 saturated carbocycles. The highest BCUT2D eigenvalue weighted by molar-refractivity contribution is 7.89. The van der Waals surface area contributed by atoms with Crippen LogP contribution in [0.3, 0.4) is 0 Å². The number of hydrogen-bond donors (Lipinski definition) is 2. The molecule has 0 fully saturated rings. The van der Waals surface area contributed by atoms with Gasteiger partial charge in [-0.15, -0.1) is 11.3 Å². The van der Waals surface area contributed by atoms with Crippen LogP contribution >= 0.6 is 11.3 Å². The van der Waals surface area contributed by atoms with E-state index in [1.54, 1.807) is 13.0 Å². The standard InChI is InChI=1S/C16H18N2O5S2/c1-3-10(2)18-25(22,23)11-8-14(24-9-11)15(19)17-13-7-5-4-6-12(13)16(20)21/h4-10,18H,3H2,1-2H3,(H,17,19)(H,20,21)/p-1/t10-/m1/s1. The number of para-hydroxylation sites is 1. The van der Waals surface area contributed by atoms with Crippen LogP contribution in [-0.4, -0.2) is 26.3 Å². The monoisotopic (exact) mass is 381 g/mol. The second-order valence-corrected chi connectivity index (χ2v) is 7.99. The van der Waals surface area contributed by atoms with Gasteiger partial charge < -0.3 is 15.2 Å². The number of thiophene rings is 1. The van der Waals surface area contributed by atoms with Crippen molar-refractivity contribution in [3.63, 3.8) is 0 Å². The zero-order chi connectivity index (χ0) is 18.6. The van der Waals surface area contributed by atoms with E-state index in [0.717, 1.165) is 11.3 Å². The molecule has 0 saturated heterocycles. The molecule has 1 aromatic carbocycles. The molecule has 0 unspecified atom stereocenters. The van der Waals surface area contributed by atoms with E-state index in [4.69, 9.17) is 0 Å². The molecule has 1 heterocycles. The fourth-order valence-corrected chi connectivity index (χ4v) is 4.44. The number of nitrogens with one attached hydrogen (secondary N) is 2. The first-order chi connectivity index (χ1) is 11.7. The number of carboxylic acids is 1. The smallest absolute Gasteiger partial charge is 0.265 e. The van der Waals surface area contributed by atoms with Gasteiger partial charge in [-0.2, -0.15) is 0 Å². The topological polar surface area (TPSA) is 115 Å². The van der Waals surface area contributed by atoms with Crippen LogP contribution in [0.1, 0.15) is 40.3 Å². The third-order valence-electron chi connectivity index (χ3n) is 3.47. The number of benzene rings is 1. The second kappa shape index (κ2) is 7.77. The van der Waals surface area contributed by atoms with Crippen molar-refractivity contribution >= 4 is 38.9 Å². The van der Waals surface area contributed by atoms with E-state index in [-0.39, 0.29) is 27.1 Å². The number of carboxylic acid groups (broad SMARTS) is 1. The SMILES string of the molecule is CC[C@@H](C)NS(=O)(=O)c1csc(C(=O)Nc2ccccc2C(=O)[O-])c1. The molecule has 134 valence electrons. The van der Waals surface area contributed by atoms with E-state index in [2.05, 4.69) is 10.0 Å². The average Bonchev–Trinajstić information content (AvgIpc) is 3.05. The summed E-state index contributed by atoms with van der Waals surface area (Å²) in [5.41, 5.74) is -0.0678. The van der Waals surface area contributed by atoms with Crippen LogP contribution < -0.4 is 15.1 Å². The number of amides is 1. The summed E-state index contributed by atoms with van der Waals surface area (Å²) in [6, 6.07) is 6.85. The molecule has 7 nitrogen and oxygen atoms in total. The highest BCUT2D eigenvalue weighted by atomic mass is 32.2. The Morgan fingerprint density at radius 1 is 1.28 bits per heavy atom. The normalized spacial score (nSPS) is 12.6. The lowest BCUT2D eigenvalue weighted by Crippen LogP contribution is -2.31. The van der Waals surface area contributed by atoms with E-state index in [0.29, 0.717) is 6.42 Å². The Morgan fingerprint density at radius 3 is 2.60 bits per heavy atom. The van der Waals surface area contributed by atoms with Gasteiger partial charge in [0, 0.05) is 17.0 Å². The lowest BCUT2D eigenvalue weighted by atomic mass is 10.2. The zero-order valence-corrected chi connectivity index (χ0v) is 15.2. The molecule has 1 aromatic heterocycles.